The highest BCUT2D eigenvalue weighted by atomic mass is 16.5. The van der Waals surface area contributed by atoms with Crippen molar-refractivity contribution in [3.63, 3.8) is 0 Å². The molecule has 1 aromatic heterocycles. The molecule has 0 spiro atoms. The van der Waals surface area contributed by atoms with E-state index >= 15 is 0 Å². The van der Waals surface area contributed by atoms with Crippen molar-refractivity contribution in [2.75, 3.05) is 7.11 Å². The first kappa shape index (κ1) is 10.7. The molecule has 0 radical (unpaired) electrons. The summed E-state index contributed by atoms with van der Waals surface area (Å²) in [5, 5.41) is 0. The standard InChI is InChI=1S/C12H14N2O2/c1-8(13)11-7-16-12(14-11)9-3-5-10(15-2)6-4-9/h3-8H,13H2,1-2H3. The quantitative estimate of drug-likeness (QED) is 0.859. The van der Waals surface area contributed by atoms with Crippen LogP contribution in [0, 0.1) is 0 Å². The summed E-state index contributed by atoms with van der Waals surface area (Å²) in [7, 11) is 1.63. The molecule has 0 saturated carbocycles. The average molecular weight is 218 g/mol. The third-order valence-corrected chi connectivity index (χ3v) is 2.33. The molecule has 1 atom stereocenters. The second-order valence-electron chi connectivity index (χ2n) is 3.59. The Morgan fingerprint density at radius 1 is 1.31 bits per heavy atom. The maximum Gasteiger partial charge on any atom is 0.226 e. The fourth-order valence-electron chi connectivity index (χ4n) is 1.36. The summed E-state index contributed by atoms with van der Waals surface area (Å²) in [5.74, 6) is 1.39. The summed E-state index contributed by atoms with van der Waals surface area (Å²) >= 11 is 0. The molecule has 2 N–H and O–H groups in total. The molecule has 1 aromatic carbocycles. The van der Waals surface area contributed by atoms with Crippen LogP contribution in [0.3, 0.4) is 0 Å². The van der Waals surface area contributed by atoms with Gasteiger partial charge in [-0.15, -0.1) is 0 Å². The van der Waals surface area contributed by atoms with E-state index in [4.69, 9.17) is 14.9 Å². The van der Waals surface area contributed by atoms with Crippen molar-refractivity contribution in [2.24, 2.45) is 5.73 Å². The summed E-state index contributed by atoms with van der Waals surface area (Å²) in [6.07, 6.45) is 1.59. The highest BCUT2D eigenvalue weighted by Crippen LogP contribution is 2.22. The van der Waals surface area contributed by atoms with Gasteiger partial charge in [0.2, 0.25) is 5.89 Å². The van der Waals surface area contributed by atoms with Crippen molar-refractivity contribution in [3.8, 4) is 17.2 Å². The van der Waals surface area contributed by atoms with Gasteiger partial charge in [-0.1, -0.05) is 0 Å². The molecule has 0 amide bonds. The van der Waals surface area contributed by atoms with Gasteiger partial charge >= 0.3 is 0 Å². The van der Waals surface area contributed by atoms with Gasteiger partial charge in [0.05, 0.1) is 12.8 Å². The van der Waals surface area contributed by atoms with Crippen LogP contribution in [-0.4, -0.2) is 12.1 Å². The molecule has 4 heteroatoms. The molecule has 0 aliphatic rings. The molecule has 1 unspecified atom stereocenters. The molecular formula is C12H14N2O2. The van der Waals surface area contributed by atoms with Gasteiger partial charge in [-0.3, -0.25) is 0 Å². The predicted octanol–water partition coefficient (Wildman–Crippen LogP) is 2.37. The van der Waals surface area contributed by atoms with E-state index in [0.717, 1.165) is 17.0 Å². The molecule has 16 heavy (non-hydrogen) atoms. The zero-order chi connectivity index (χ0) is 11.5. The maximum atomic E-state index is 5.71. The number of methoxy groups -OCH3 is 1. The number of hydrogen-bond acceptors (Lipinski definition) is 4. The lowest BCUT2D eigenvalue weighted by Crippen LogP contribution is -2.04. The number of aromatic nitrogens is 1. The zero-order valence-corrected chi connectivity index (χ0v) is 9.31. The van der Waals surface area contributed by atoms with Gasteiger partial charge < -0.3 is 14.9 Å². The Morgan fingerprint density at radius 2 is 2.00 bits per heavy atom. The normalized spacial score (nSPS) is 12.4. The summed E-state index contributed by atoms with van der Waals surface area (Å²) in [6, 6.07) is 7.41. The minimum atomic E-state index is -0.115. The van der Waals surface area contributed by atoms with E-state index in [0.29, 0.717) is 5.89 Å². The second kappa shape index (κ2) is 4.37. The van der Waals surface area contributed by atoms with E-state index < -0.39 is 0 Å². The fourth-order valence-corrected chi connectivity index (χ4v) is 1.36. The van der Waals surface area contributed by atoms with Crippen LogP contribution < -0.4 is 10.5 Å². The van der Waals surface area contributed by atoms with Crippen molar-refractivity contribution in [3.05, 3.63) is 36.2 Å². The number of oxazole rings is 1. The van der Waals surface area contributed by atoms with Crippen LogP contribution in [0.2, 0.25) is 0 Å². The predicted molar refractivity (Wildman–Crippen MR) is 61.1 cm³/mol. The van der Waals surface area contributed by atoms with Crippen molar-refractivity contribution >= 4 is 0 Å². The van der Waals surface area contributed by atoms with E-state index in [1.807, 2.05) is 31.2 Å². The lowest BCUT2D eigenvalue weighted by molar-refractivity contribution is 0.415. The Morgan fingerprint density at radius 3 is 2.50 bits per heavy atom. The van der Waals surface area contributed by atoms with E-state index in [1.54, 1.807) is 13.4 Å². The van der Waals surface area contributed by atoms with Crippen molar-refractivity contribution in [1.82, 2.24) is 4.98 Å². The van der Waals surface area contributed by atoms with Gasteiger partial charge in [-0.25, -0.2) is 4.98 Å². The highest BCUT2D eigenvalue weighted by molar-refractivity contribution is 5.54. The summed E-state index contributed by atoms with van der Waals surface area (Å²) < 4.78 is 10.4. The van der Waals surface area contributed by atoms with Crippen molar-refractivity contribution in [1.29, 1.82) is 0 Å². The average Bonchev–Trinajstić information content (AvgIpc) is 2.78. The van der Waals surface area contributed by atoms with Crippen molar-refractivity contribution < 1.29 is 9.15 Å². The summed E-state index contributed by atoms with van der Waals surface area (Å²) in [6.45, 7) is 1.87. The minimum absolute atomic E-state index is 0.115. The molecule has 4 nitrogen and oxygen atoms in total. The van der Waals surface area contributed by atoms with Gasteiger partial charge in [0.1, 0.15) is 12.0 Å². The summed E-state index contributed by atoms with van der Waals surface area (Å²) in [4.78, 5) is 4.30. The first-order chi connectivity index (χ1) is 7.70. The number of nitrogens with two attached hydrogens (primary N) is 1. The Kier molecular flexibility index (Phi) is 2.92. The third kappa shape index (κ3) is 2.06. The number of benzene rings is 1. The van der Waals surface area contributed by atoms with Gasteiger partial charge in [0.25, 0.3) is 0 Å². The van der Waals surface area contributed by atoms with Gasteiger partial charge in [-0.05, 0) is 31.2 Å². The van der Waals surface area contributed by atoms with Crippen LogP contribution in [0.1, 0.15) is 18.7 Å². The second-order valence-corrected chi connectivity index (χ2v) is 3.59. The number of nitrogens with zero attached hydrogens (tertiary/aromatic N) is 1. The minimum Gasteiger partial charge on any atom is -0.497 e. The topological polar surface area (TPSA) is 61.3 Å². The SMILES string of the molecule is COc1ccc(-c2nc(C(C)N)co2)cc1. The molecule has 84 valence electrons. The number of rotatable bonds is 3. The Hall–Kier alpha value is -1.81. The van der Waals surface area contributed by atoms with E-state index in [9.17, 15) is 0 Å². The lowest BCUT2D eigenvalue weighted by atomic mass is 10.2. The Balaban J connectivity index is 2.28. The van der Waals surface area contributed by atoms with Crippen molar-refractivity contribution in [2.45, 2.75) is 13.0 Å². The fraction of sp³-hybridized carbons (Fsp3) is 0.250. The number of ether oxygens (including phenoxy) is 1. The van der Waals surface area contributed by atoms with Crippen LogP contribution in [0.4, 0.5) is 0 Å². The molecule has 0 saturated heterocycles. The Bertz CT molecular complexity index is 460. The van der Waals surface area contributed by atoms with Crippen LogP contribution in [0.25, 0.3) is 11.5 Å². The zero-order valence-electron chi connectivity index (χ0n) is 9.31. The molecule has 0 aliphatic carbocycles. The van der Waals surface area contributed by atoms with E-state index in [1.165, 1.54) is 0 Å². The molecule has 0 fully saturated rings. The van der Waals surface area contributed by atoms with Crippen LogP contribution in [-0.2, 0) is 0 Å². The molecular weight excluding hydrogens is 204 g/mol. The largest absolute Gasteiger partial charge is 0.497 e. The highest BCUT2D eigenvalue weighted by Gasteiger charge is 2.09. The van der Waals surface area contributed by atoms with E-state index in [2.05, 4.69) is 4.98 Å². The number of hydrogen-bond donors (Lipinski definition) is 1. The summed E-state index contributed by atoms with van der Waals surface area (Å²) in [5.41, 5.74) is 7.37. The van der Waals surface area contributed by atoms with Gasteiger partial charge in [-0.2, -0.15) is 0 Å². The maximum absolute atomic E-state index is 5.71. The third-order valence-electron chi connectivity index (χ3n) is 2.33. The monoisotopic (exact) mass is 218 g/mol. The molecule has 1 heterocycles. The molecule has 2 rings (SSSR count). The van der Waals surface area contributed by atoms with Crippen LogP contribution >= 0.6 is 0 Å². The molecule has 0 aliphatic heterocycles. The van der Waals surface area contributed by atoms with Crippen LogP contribution in [0.15, 0.2) is 34.9 Å². The Labute approximate surface area is 94.1 Å². The molecule has 2 aromatic rings. The smallest absolute Gasteiger partial charge is 0.226 e. The van der Waals surface area contributed by atoms with Gasteiger partial charge in [0, 0.05) is 11.6 Å². The molecule has 0 bridgehead atoms. The lowest BCUT2D eigenvalue weighted by Gasteiger charge is -1.99. The first-order valence-electron chi connectivity index (χ1n) is 5.06. The van der Waals surface area contributed by atoms with E-state index in [-0.39, 0.29) is 6.04 Å². The van der Waals surface area contributed by atoms with Crippen LogP contribution in [0.5, 0.6) is 5.75 Å². The first-order valence-corrected chi connectivity index (χ1v) is 5.06. The van der Waals surface area contributed by atoms with Gasteiger partial charge in [0.15, 0.2) is 0 Å².